The van der Waals surface area contributed by atoms with E-state index in [1.54, 1.807) is 24.3 Å². The zero-order valence-corrected chi connectivity index (χ0v) is 16.7. The monoisotopic (exact) mass is 437 g/mol. The van der Waals surface area contributed by atoms with E-state index >= 15 is 0 Å². The Morgan fingerprint density at radius 2 is 1.72 bits per heavy atom. The first kappa shape index (κ1) is 20.9. The zero-order valence-electron chi connectivity index (χ0n) is 16.7. The average molecular weight is 437 g/mol. The largest absolute Gasteiger partial charge is 0.508 e. The molecule has 10 nitrogen and oxygen atoms in total. The number of ether oxygens (including phenoxy) is 1. The lowest BCUT2D eigenvalue weighted by Crippen LogP contribution is -2.47. The van der Waals surface area contributed by atoms with Gasteiger partial charge in [-0.25, -0.2) is 4.90 Å². The van der Waals surface area contributed by atoms with Crippen molar-refractivity contribution in [2.75, 3.05) is 13.2 Å². The van der Waals surface area contributed by atoms with Crippen LogP contribution in [0, 0.1) is 10.1 Å². The highest BCUT2D eigenvalue weighted by Gasteiger charge is 2.44. The third-order valence-corrected chi connectivity index (χ3v) is 5.11. The van der Waals surface area contributed by atoms with Gasteiger partial charge in [0.25, 0.3) is 5.09 Å². The highest BCUT2D eigenvalue weighted by atomic mass is 17.0. The molecule has 0 fully saturated rings. The standard InChI is InChI=1S/C22H19N3O7/c26-17-12-19-23-22(15-4-2-1-3-5-15,14-21(28)24(19)20(27)13-17)16-6-8-18(9-7-16)31-10-11-32-25(29)30/h1-9,12-13,26-27H,10-11,14H2. The summed E-state index contributed by atoms with van der Waals surface area (Å²) in [6, 6.07) is 16.1. The molecule has 32 heavy (non-hydrogen) atoms. The van der Waals surface area contributed by atoms with Crippen molar-refractivity contribution in [2.24, 2.45) is 4.99 Å². The lowest BCUT2D eigenvalue weighted by molar-refractivity contribution is -0.757. The Hall–Kier alpha value is -4.34. The first-order valence-corrected chi connectivity index (χ1v) is 9.69. The molecule has 2 N–H and O–H groups in total. The summed E-state index contributed by atoms with van der Waals surface area (Å²) in [5, 5.41) is 29.4. The number of aliphatic imine (C=N–C) groups is 1. The zero-order chi connectivity index (χ0) is 22.7. The van der Waals surface area contributed by atoms with Crippen LogP contribution in [0.2, 0.25) is 0 Å². The number of allylic oxidation sites excluding steroid dienone is 1. The molecule has 164 valence electrons. The maximum absolute atomic E-state index is 13.0. The third kappa shape index (κ3) is 3.97. The fourth-order valence-corrected chi connectivity index (χ4v) is 3.74. The van der Waals surface area contributed by atoms with Crippen LogP contribution in [0.4, 0.5) is 0 Å². The molecule has 10 heteroatoms. The number of fused-ring (bicyclic) bond motifs is 1. The van der Waals surface area contributed by atoms with Gasteiger partial charge in [0.05, 0.1) is 6.42 Å². The lowest BCUT2D eigenvalue weighted by atomic mass is 9.79. The Morgan fingerprint density at radius 1 is 1.03 bits per heavy atom. The third-order valence-electron chi connectivity index (χ3n) is 5.11. The Morgan fingerprint density at radius 3 is 2.41 bits per heavy atom. The van der Waals surface area contributed by atoms with E-state index in [1.165, 1.54) is 6.08 Å². The van der Waals surface area contributed by atoms with Gasteiger partial charge in [0.1, 0.15) is 36.1 Å². The minimum atomic E-state index is -1.09. The number of carbonyl (C=O) groups is 1. The van der Waals surface area contributed by atoms with Crippen molar-refractivity contribution in [3.05, 3.63) is 99.6 Å². The first-order chi connectivity index (χ1) is 15.4. The number of aliphatic hydroxyl groups excluding tert-OH is 2. The number of nitrogens with zero attached hydrogens (tertiary/aromatic N) is 3. The van der Waals surface area contributed by atoms with Gasteiger partial charge >= 0.3 is 0 Å². The number of carbonyl (C=O) groups excluding carboxylic acids is 1. The summed E-state index contributed by atoms with van der Waals surface area (Å²) in [7, 11) is 0. The van der Waals surface area contributed by atoms with Crippen LogP contribution in [-0.4, -0.2) is 45.2 Å². The van der Waals surface area contributed by atoms with E-state index in [-0.39, 0.29) is 37.1 Å². The summed E-state index contributed by atoms with van der Waals surface area (Å²) in [4.78, 5) is 33.3. The number of aliphatic hydroxyl groups is 2. The molecule has 0 radical (unpaired) electrons. The number of hydrogen-bond donors (Lipinski definition) is 2. The van der Waals surface area contributed by atoms with Gasteiger partial charge < -0.3 is 19.8 Å². The molecular formula is C22H19N3O7. The lowest BCUT2D eigenvalue weighted by Gasteiger charge is -2.39. The summed E-state index contributed by atoms with van der Waals surface area (Å²) in [5.41, 5.74) is 0.363. The van der Waals surface area contributed by atoms with E-state index in [2.05, 4.69) is 4.84 Å². The highest BCUT2D eigenvalue weighted by molar-refractivity contribution is 6.09. The molecule has 2 heterocycles. The number of rotatable bonds is 7. The number of hydrogen-bond acceptors (Lipinski definition) is 8. The molecule has 0 saturated heterocycles. The minimum absolute atomic E-state index is 0.00438. The van der Waals surface area contributed by atoms with Crippen LogP contribution < -0.4 is 4.74 Å². The summed E-state index contributed by atoms with van der Waals surface area (Å²) in [6.45, 7) is -0.205. The fourth-order valence-electron chi connectivity index (χ4n) is 3.74. The van der Waals surface area contributed by atoms with Crippen LogP contribution in [0.25, 0.3) is 0 Å². The van der Waals surface area contributed by atoms with E-state index in [0.29, 0.717) is 11.3 Å². The summed E-state index contributed by atoms with van der Waals surface area (Å²) in [5.74, 6) is -0.393. The van der Waals surface area contributed by atoms with Gasteiger partial charge in [0.2, 0.25) is 11.8 Å². The summed E-state index contributed by atoms with van der Waals surface area (Å²) in [6.07, 6.45) is 2.35. The van der Waals surface area contributed by atoms with E-state index < -0.39 is 16.5 Å². The van der Waals surface area contributed by atoms with Gasteiger partial charge in [-0.15, -0.1) is 10.1 Å². The Balaban J connectivity index is 1.71. The Kier molecular flexibility index (Phi) is 5.50. The molecule has 2 aromatic carbocycles. The van der Waals surface area contributed by atoms with Crippen LogP contribution >= 0.6 is 0 Å². The predicted octanol–water partition coefficient (Wildman–Crippen LogP) is 3.00. The molecule has 4 rings (SSSR count). The van der Waals surface area contributed by atoms with E-state index in [1.807, 2.05) is 30.3 Å². The van der Waals surface area contributed by atoms with Gasteiger partial charge in [-0.1, -0.05) is 42.5 Å². The van der Waals surface area contributed by atoms with Crippen molar-refractivity contribution in [3.63, 3.8) is 0 Å². The van der Waals surface area contributed by atoms with Crippen molar-refractivity contribution in [1.82, 2.24) is 4.90 Å². The fraction of sp³-hybridized carbons (Fsp3) is 0.182. The molecule has 1 unspecified atom stereocenters. The van der Waals surface area contributed by atoms with Gasteiger partial charge in [0, 0.05) is 12.2 Å². The van der Waals surface area contributed by atoms with Crippen molar-refractivity contribution in [3.8, 4) is 5.75 Å². The Bertz CT molecular complexity index is 1130. The summed E-state index contributed by atoms with van der Waals surface area (Å²) >= 11 is 0. The maximum atomic E-state index is 13.0. The van der Waals surface area contributed by atoms with Gasteiger partial charge in [-0.05, 0) is 23.3 Å². The molecule has 1 atom stereocenters. The molecule has 2 aromatic rings. The van der Waals surface area contributed by atoms with Crippen molar-refractivity contribution in [2.45, 2.75) is 12.0 Å². The van der Waals surface area contributed by atoms with Gasteiger partial charge in [-0.2, -0.15) is 0 Å². The highest BCUT2D eigenvalue weighted by Crippen LogP contribution is 2.42. The molecular weight excluding hydrogens is 418 g/mol. The van der Waals surface area contributed by atoms with Crippen LogP contribution in [-0.2, 0) is 15.2 Å². The second kappa shape index (κ2) is 8.42. The van der Waals surface area contributed by atoms with Crippen LogP contribution in [0.5, 0.6) is 5.75 Å². The van der Waals surface area contributed by atoms with Crippen LogP contribution in [0.15, 0.2) is 83.4 Å². The second-order valence-corrected chi connectivity index (χ2v) is 7.10. The molecule has 0 bridgehead atoms. The molecule has 2 aliphatic heterocycles. The molecule has 0 aliphatic carbocycles. The number of amidine groups is 1. The average Bonchev–Trinajstić information content (AvgIpc) is 2.76. The van der Waals surface area contributed by atoms with Crippen molar-refractivity contribution >= 4 is 11.7 Å². The van der Waals surface area contributed by atoms with Gasteiger partial charge in [0.15, 0.2) is 0 Å². The van der Waals surface area contributed by atoms with Gasteiger partial charge in [-0.3, -0.25) is 9.79 Å². The first-order valence-electron chi connectivity index (χ1n) is 9.69. The van der Waals surface area contributed by atoms with Crippen LogP contribution in [0.1, 0.15) is 17.5 Å². The smallest absolute Gasteiger partial charge is 0.294 e. The van der Waals surface area contributed by atoms with E-state index in [9.17, 15) is 25.1 Å². The van der Waals surface area contributed by atoms with E-state index in [0.717, 1.165) is 16.5 Å². The van der Waals surface area contributed by atoms with Crippen molar-refractivity contribution in [1.29, 1.82) is 0 Å². The topological polar surface area (TPSA) is 135 Å². The quantitative estimate of drug-likeness (QED) is 0.386. The van der Waals surface area contributed by atoms with Crippen LogP contribution in [0.3, 0.4) is 0 Å². The molecule has 1 amide bonds. The second-order valence-electron chi connectivity index (χ2n) is 7.10. The maximum Gasteiger partial charge on any atom is 0.294 e. The molecule has 0 spiro atoms. The SMILES string of the molecule is O=C1CC(c2ccccc2)(c2ccc(OCCO[N+](=O)[O-])cc2)N=C2C=C(O)C=C(O)N12. The molecule has 2 aliphatic rings. The number of amides is 1. The van der Waals surface area contributed by atoms with E-state index in [4.69, 9.17) is 9.73 Å². The molecule has 0 saturated carbocycles. The minimum Gasteiger partial charge on any atom is -0.508 e. The Labute approximate surface area is 182 Å². The normalized spacial score (nSPS) is 19.9. The number of benzene rings is 2. The predicted molar refractivity (Wildman–Crippen MR) is 112 cm³/mol. The molecule has 0 aromatic heterocycles. The van der Waals surface area contributed by atoms with Crippen molar-refractivity contribution < 1.29 is 29.7 Å². The summed E-state index contributed by atoms with van der Waals surface area (Å²) < 4.78 is 5.45.